The van der Waals surface area contributed by atoms with Crippen molar-refractivity contribution in [2.24, 2.45) is 4.99 Å². The largest absolute Gasteiger partial charge is 0.475 e. The molecule has 7 heteroatoms. The lowest BCUT2D eigenvalue weighted by Gasteiger charge is -2.37. The van der Waals surface area contributed by atoms with Crippen LogP contribution in [-0.4, -0.2) is 75.0 Å². The van der Waals surface area contributed by atoms with Gasteiger partial charge in [-0.3, -0.25) is 0 Å². The first-order chi connectivity index (χ1) is 13.7. The van der Waals surface area contributed by atoms with Gasteiger partial charge >= 0.3 is 0 Å². The van der Waals surface area contributed by atoms with Crippen LogP contribution in [0.1, 0.15) is 23.1 Å². The fraction of sp³-hybridized carbons (Fsp3) is 0.571. The van der Waals surface area contributed by atoms with Crippen LogP contribution >= 0.6 is 0 Å². The maximum Gasteiger partial charge on any atom is 0.229 e. The van der Waals surface area contributed by atoms with Crippen LogP contribution in [-0.2, 0) is 31.8 Å². The Hall–Kier alpha value is -1.93. The monoisotopic (exact) mass is 388 g/mol. The van der Waals surface area contributed by atoms with Crippen molar-refractivity contribution in [1.82, 2.24) is 4.90 Å². The van der Waals surface area contributed by atoms with Gasteiger partial charge in [-0.1, -0.05) is 18.2 Å². The van der Waals surface area contributed by atoms with Crippen molar-refractivity contribution in [3.8, 4) is 0 Å². The molecule has 1 N–H and O–H groups in total. The lowest BCUT2D eigenvalue weighted by molar-refractivity contribution is -0.103. The number of aliphatic hydroxyl groups is 1. The number of rotatable bonds is 6. The summed E-state index contributed by atoms with van der Waals surface area (Å²) in [6.45, 7) is 3.60. The average molecular weight is 388 g/mol. The highest BCUT2D eigenvalue weighted by Gasteiger charge is 2.30. The molecule has 0 radical (unpaired) electrons. The van der Waals surface area contributed by atoms with Crippen LogP contribution < -0.4 is 0 Å². The van der Waals surface area contributed by atoms with Crippen LogP contribution in [0.4, 0.5) is 0 Å². The Labute approximate surface area is 165 Å². The second-order valence-electron chi connectivity index (χ2n) is 7.25. The normalized spacial score (nSPS) is 24.1. The van der Waals surface area contributed by atoms with Crippen molar-refractivity contribution in [3.63, 3.8) is 0 Å². The van der Waals surface area contributed by atoms with Crippen molar-refractivity contribution < 1.29 is 24.1 Å². The van der Waals surface area contributed by atoms with Gasteiger partial charge in [-0.25, -0.2) is 0 Å². The fourth-order valence-corrected chi connectivity index (χ4v) is 3.82. The minimum atomic E-state index is -0.923. The van der Waals surface area contributed by atoms with E-state index in [0.717, 1.165) is 43.7 Å². The van der Waals surface area contributed by atoms with Crippen molar-refractivity contribution in [2.75, 3.05) is 46.7 Å². The van der Waals surface area contributed by atoms with Gasteiger partial charge in [0.25, 0.3) is 0 Å². The van der Waals surface area contributed by atoms with E-state index >= 15 is 0 Å². The number of aliphatic hydroxyl groups excluding tert-OH is 1. The summed E-state index contributed by atoms with van der Waals surface area (Å²) in [6, 6.07) is 6.57. The predicted molar refractivity (Wildman–Crippen MR) is 105 cm³/mol. The maximum atomic E-state index is 10.5. The number of nitrogens with zero attached hydrogens (tertiary/aromatic N) is 2. The fourth-order valence-electron chi connectivity index (χ4n) is 3.82. The topological polar surface area (TPSA) is 72.8 Å². The lowest BCUT2D eigenvalue weighted by Crippen LogP contribution is -2.41. The summed E-state index contributed by atoms with van der Waals surface area (Å²) in [5.74, 6) is 0.435. The number of methoxy groups -OCH3 is 1. The maximum absolute atomic E-state index is 10.5. The molecule has 4 rings (SSSR count). The lowest BCUT2D eigenvalue weighted by atomic mass is 9.92. The van der Waals surface area contributed by atoms with Gasteiger partial charge in [-0.05, 0) is 30.4 Å². The third kappa shape index (κ3) is 4.38. The number of aliphatic imine (C=N–C) groups is 1. The zero-order valence-electron chi connectivity index (χ0n) is 16.3. The van der Waals surface area contributed by atoms with Crippen molar-refractivity contribution in [1.29, 1.82) is 0 Å². The van der Waals surface area contributed by atoms with Gasteiger partial charge in [0.05, 0.1) is 25.5 Å². The molecule has 0 spiro atoms. The van der Waals surface area contributed by atoms with E-state index in [1.54, 1.807) is 7.11 Å². The Morgan fingerprint density at radius 2 is 2.25 bits per heavy atom. The quantitative estimate of drug-likeness (QED) is 0.746. The minimum Gasteiger partial charge on any atom is -0.475 e. The predicted octanol–water partition coefficient (Wildman–Crippen LogP) is 1.58. The molecule has 7 nitrogen and oxygen atoms in total. The summed E-state index contributed by atoms with van der Waals surface area (Å²) in [7, 11) is 1.73. The third-order valence-electron chi connectivity index (χ3n) is 5.27. The number of hydrogen-bond acceptors (Lipinski definition) is 7. The third-order valence-corrected chi connectivity index (χ3v) is 5.27. The van der Waals surface area contributed by atoms with Gasteiger partial charge in [-0.2, -0.15) is 4.99 Å². The van der Waals surface area contributed by atoms with Crippen molar-refractivity contribution in [2.45, 2.75) is 31.7 Å². The summed E-state index contributed by atoms with van der Waals surface area (Å²) in [6.07, 6.45) is 3.80. The van der Waals surface area contributed by atoms with E-state index in [4.69, 9.17) is 18.9 Å². The van der Waals surface area contributed by atoms with E-state index in [1.165, 1.54) is 11.1 Å². The summed E-state index contributed by atoms with van der Waals surface area (Å²) in [5.41, 5.74) is 4.72. The molecule has 1 aromatic carbocycles. The Morgan fingerprint density at radius 3 is 3.07 bits per heavy atom. The summed E-state index contributed by atoms with van der Waals surface area (Å²) in [4.78, 5) is 6.20. The molecule has 0 aromatic heterocycles. The molecular formula is C21H28N2O5. The van der Waals surface area contributed by atoms with Crippen LogP contribution in [0.2, 0.25) is 0 Å². The molecule has 1 aromatic rings. The molecule has 3 aliphatic rings. The molecule has 0 bridgehead atoms. The van der Waals surface area contributed by atoms with Gasteiger partial charge in [0.2, 0.25) is 12.2 Å². The molecule has 1 saturated heterocycles. The molecule has 1 fully saturated rings. The van der Waals surface area contributed by atoms with Crippen LogP contribution in [0.25, 0.3) is 5.70 Å². The Kier molecular flexibility index (Phi) is 6.26. The van der Waals surface area contributed by atoms with Crippen LogP contribution in [0.15, 0.2) is 29.3 Å². The van der Waals surface area contributed by atoms with Crippen molar-refractivity contribution >= 4 is 11.6 Å². The molecule has 0 amide bonds. The number of aryl methyl sites for hydroxylation is 1. The smallest absolute Gasteiger partial charge is 0.229 e. The summed E-state index contributed by atoms with van der Waals surface area (Å²) < 4.78 is 22.0. The molecule has 2 atom stereocenters. The van der Waals surface area contributed by atoms with E-state index in [2.05, 4.69) is 23.2 Å². The molecule has 3 aliphatic heterocycles. The average Bonchev–Trinajstić information content (AvgIpc) is 2.73. The highest BCUT2D eigenvalue weighted by Crippen LogP contribution is 2.33. The van der Waals surface area contributed by atoms with Crippen LogP contribution in [0.5, 0.6) is 0 Å². The zero-order valence-corrected chi connectivity index (χ0v) is 16.3. The number of fused-ring (bicyclic) bond motifs is 3. The van der Waals surface area contributed by atoms with Gasteiger partial charge in [0, 0.05) is 31.9 Å². The summed E-state index contributed by atoms with van der Waals surface area (Å²) in [5, 5.41) is 10.5. The second kappa shape index (κ2) is 9.05. The molecule has 0 saturated carbocycles. The number of benzene rings is 1. The van der Waals surface area contributed by atoms with Gasteiger partial charge in [0.1, 0.15) is 12.7 Å². The van der Waals surface area contributed by atoms with E-state index in [0.29, 0.717) is 32.3 Å². The van der Waals surface area contributed by atoms with Crippen LogP contribution in [0, 0.1) is 0 Å². The second-order valence-corrected chi connectivity index (χ2v) is 7.25. The molecule has 3 heterocycles. The Balaban J connectivity index is 1.48. The standard InChI is InChI=1S/C21H28N2O5/c1-25-8-2-3-15-4-5-18-16(11-15)6-7-23-19(18)12-20(22-21(23)24)28-14-17-13-26-9-10-27-17/h4-5,11-12,17,21,24H,2-3,6-10,13-14H2,1H3/t17-,21?/m1/s1. The molecule has 152 valence electrons. The Bertz CT molecular complexity index is 742. The Morgan fingerprint density at radius 1 is 1.32 bits per heavy atom. The van der Waals surface area contributed by atoms with E-state index < -0.39 is 6.35 Å². The zero-order chi connectivity index (χ0) is 19.3. The molecular weight excluding hydrogens is 360 g/mol. The van der Waals surface area contributed by atoms with Crippen LogP contribution in [0.3, 0.4) is 0 Å². The SMILES string of the molecule is COCCCc1ccc2c(c1)CCN1C2=CC(OC[C@H]2COCCO2)=NC1O. The number of hydrogen-bond donors (Lipinski definition) is 1. The first-order valence-corrected chi connectivity index (χ1v) is 9.92. The minimum absolute atomic E-state index is 0.0988. The summed E-state index contributed by atoms with van der Waals surface area (Å²) >= 11 is 0. The first kappa shape index (κ1) is 19.4. The van der Waals surface area contributed by atoms with E-state index in [9.17, 15) is 5.11 Å². The highest BCUT2D eigenvalue weighted by atomic mass is 16.6. The van der Waals surface area contributed by atoms with Gasteiger partial charge in [-0.15, -0.1) is 0 Å². The van der Waals surface area contributed by atoms with E-state index in [-0.39, 0.29) is 6.10 Å². The van der Waals surface area contributed by atoms with Gasteiger partial charge in [0.15, 0.2) is 0 Å². The molecule has 1 unspecified atom stereocenters. The van der Waals surface area contributed by atoms with Gasteiger partial charge < -0.3 is 29.0 Å². The molecule has 0 aliphatic carbocycles. The molecule has 28 heavy (non-hydrogen) atoms. The highest BCUT2D eigenvalue weighted by molar-refractivity contribution is 5.97. The van der Waals surface area contributed by atoms with E-state index in [1.807, 2.05) is 11.0 Å². The number of ether oxygens (including phenoxy) is 4. The first-order valence-electron chi connectivity index (χ1n) is 9.92. The van der Waals surface area contributed by atoms with Crippen molar-refractivity contribution in [3.05, 3.63) is 41.0 Å².